The molecule has 1 heterocycles. The molecule has 0 spiro atoms. The standard InChI is InChI=1S/C15H14BrClN2O/c1-10(11-3-6-13(17)7-4-11)19(2)15(20)12-5-8-14(16)18-9-12/h3-10H,1-2H3. The minimum Gasteiger partial charge on any atom is -0.335 e. The van der Waals surface area contributed by atoms with E-state index in [9.17, 15) is 4.79 Å². The quantitative estimate of drug-likeness (QED) is 0.769. The lowest BCUT2D eigenvalue weighted by atomic mass is 10.1. The first-order valence-corrected chi connectivity index (χ1v) is 7.30. The summed E-state index contributed by atoms with van der Waals surface area (Å²) in [5.74, 6) is -0.0625. The third-order valence-corrected chi connectivity index (χ3v) is 3.95. The van der Waals surface area contributed by atoms with Crippen LogP contribution in [0.1, 0.15) is 28.9 Å². The maximum absolute atomic E-state index is 12.4. The van der Waals surface area contributed by atoms with Crippen molar-refractivity contribution in [2.75, 3.05) is 7.05 Å². The molecule has 0 aliphatic heterocycles. The molecular formula is C15H14BrClN2O. The topological polar surface area (TPSA) is 33.2 Å². The van der Waals surface area contributed by atoms with Gasteiger partial charge < -0.3 is 4.90 Å². The summed E-state index contributed by atoms with van der Waals surface area (Å²) in [7, 11) is 1.78. The largest absolute Gasteiger partial charge is 0.335 e. The molecule has 3 nitrogen and oxygen atoms in total. The second-order valence-electron chi connectivity index (χ2n) is 4.51. The fourth-order valence-corrected chi connectivity index (χ4v) is 2.21. The van der Waals surface area contributed by atoms with E-state index in [0.717, 1.165) is 5.56 Å². The van der Waals surface area contributed by atoms with Crippen LogP contribution < -0.4 is 0 Å². The summed E-state index contributed by atoms with van der Waals surface area (Å²) in [5, 5.41) is 0.687. The van der Waals surface area contributed by atoms with E-state index >= 15 is 0 Å². The predicted octanol–water partition coefficient (Wildman–Crippen LogP) is 4.33. The summed E-state index contributed by atoms with van der Waals surface area (Å²) in [6.07, 6.45) is 1.57. The molecule has 0 radical (unpaired) electrons. The monoisotopic (exact) mass is 352 g/mol. The maximum atomic E-state index is 12.4. The number of hydrogen-bond acceptors (Lipinski definition) is 2. The van der Waals surface area contributed by atoms with E-state index in [-0.39, 0.29) is 11.9 Å². The van der Waals surface area contributed by atoms with E-state index in [1.54, 1.807) is 30.3 Å². The molecule has 0 bridgehead atoms. The molecule has 5 heteroatoms. The number of amides is 1. The Labute approximate surface area is 131 Å². The predicted molar refractivity (Wildman–Crippen MR) is 83.9 cm³/mol. The van der Waals surface area contributed by atoms with Crippen molar-refractivity contribution in [2.24, 2.45) is 0 Å². The number of benzene rings is 1. The van der Waals surface area contributed by atoms with Crippen molar-refractivity contribution < 1.29 is 4.79 Å². The van der Waals surface area contributed by atoms with Crippen molar-refractivity contribution in [3.05, 3.63) is 63.3 Å². The van der Waals surface area contributed by atoms with Crippen LogP contribution in [0.4, 0.5) is 0 Å². The van der Waals surface area contributed by atoms with Crippen LogP contribution in [-0.4, -0.2) is 22.8 Å². The van der Waals surface area contributed by atoms with Gasteiger partial charge in [-0.05, 0) is 52.7 Å². The van der Waals surface area contributed by atoms with Crippen LogP contribution in [0.15, 0.2) is 47.2 Å². The van der Waals surface area contributed by atoms with Gasteiger partial charge in [-0.1, -0.05) is 23.7 Å². The van der Waals surface area contributed by atoms with E-state index < -0.39 is 0 Å². The highest BCUT2D eigenvalue weighted by molar-refractivity contribution is 9.10. The van der Waals surface area contributed by atoms with E-state index in [1.165, 1.54) is 0 Å². The van der Waals surface area contributed by atoms with Gasteiger partial charge in [0.25, 0.3) is 5.91 Å². The second kappa shape index (κ2) is 6.37. The molecule has 20 heavy (non-hydrogen) atoms. The zero-order chi connectivity index (χ0) is 14.7. The average molecular weight is 354 g/mol. The molecule has 0 saturated heterocycles. The fourth-order valence-electron chi connectivity index (χ4n) is 1.85. The maximum Gasteiger partial charge on any atom is 0.255 e. The molecule has 104 valence electrons. The SMILES string of the molecule is CC(c1ccc(Cl)cc1)N(C)C(=O)c1ccc(Br)nc1. The van der Waals surface area contributed by atoms with Crippen molar-refractivity contribution in [3.8, 4) is 0 Å². The number of aromatic nitrogens is 1. The number of carbonyl (C=O) groups is 1. The number of nitrogens with zero attached hydrogens (tertiary/aromatic N) is 2. The van der Waals surface area contributed by atoms with Crippen molar-refractivity contribution in [3.63, 3.8) is 0 Å². The van der Waals surface area contributed by atoms with Gasteiger partial charge in [0.1, 0.15) is 4.60 Å². The van der Waals surface area contributed by atoms with E-state index in [4.69, 9.17) is 11.6 Å². The van der Waals surface area contributed by atoms with Crippen LogP contribution in [0.3, 0.4) is 0 Å². The molecule has 2 aromatic rings. The number of hydrogen-bond donors (Lipinski definition) is 0. The van der Waals surface area contributed by atoms with Gasteiger partial charge in [0, 0.05) is 18.3 Å². The van der Waals surface area contributed by atoms with Gasteiger partial charge in [-0.3, -0.25) is 4.79 Å². The lowest BCUT2D eigenvalue weighted by Gasteiger charge is -2.25. The second-order valence-corrected chi connectivity index (χ2v) is 5.76. The Hall–Kier alpha value is -1.39. The van der Waals surface area contributed by atoms with Crippen LogP contribution in [0.25, 0.3) is 0 Å². The summed E-state index contributed by atoms with van der Waals surface area (Å²) < 4.78 is 0.711. The Morgan fingerprint density at radius 3 is 2.45 bits per heavy atom. The molecule has 0 saturated carbocycles. The molecule has 0 aliphatic carbocycles. The van der Waals surface area contributed by atoms with Crippen molar-refractivity contribution in [1.82, 2.24) is 9.88 Å². The van der Waals surface area contributed by atoms with Gasteiger partial charge in [0.05, 0.1) is 11.6 Å². The molecular weight excluding hydrogens is 340 g/mol. The molecule has 0 aliphatic rings. The number of halogens is 2. The summed E-state index contributed by atoms with van der Waals surface area (Å²) in [5.41, 5.74) is 1.60. The molecule has 1 aromatic carbocycles. The summed E-state index contributed by atoms with van der Waals surface area (Å²) in [6, 6.07) is 11.0. The van der Waals surface area contributed by atoms with Gasteiger partial charge in [-0.2, -0.15) is 0 Å². The number of pyridine rings is 1. The highest BCUT2D eigenvalue weighted by Crippen LogP contribution is 2.22. The van der Waals surface area contributed by atoms with Crippen molar-refractivity contribution in [2.45, 2.75) is 13.0 Å². The Bertz CT molecular complexity index is 598. The van der Waals surface area contributed by atoms with Gasteiger partial charge in [-0.15, -0.1) is 0 Å². The highest BCUT2D eigenvalue weighted by Gasteiger charge is 2.19. The molecule has 2 rings (SSSR count). The lowest BCUT2D eigenvalue weighted by Crippen LogP contribution is -2.29. The average Bonchev–Trinajstić information content (AvgIpc) is 2.46. The van der Waals surface area contributed by atoms with Crippen LogP contribution in [0.2, 0.25) is 5.02 Å². The molecule has 1 amide bonds. The Kier molecular flexibility index (Phi) is 4.78. The minimum absolute atomic E-state index is 0.0385. The van der Waals surface area contributed by atoms with Crippen LogP contribution >= 0.6 is 27.5 Å². The van der Waals surface area contributed by atoms with Crippen LogP contribution in [-0.2, 0) is 0 Å². The van der Waals surface area contributed by atoms with E-state index in [2.05, 4.69) is 20.9 Å². The van der Waals surface area contributed by atoms with Gasteiger partial charge in [0.15, 0.2) is 0 Å². The van der Waals surface area contributed by atoms with E-state index in [1.807, 2.05) is 31.2 Å². The first kappa shape index (κ1) is 15.0. The highest BCUT2D eigenvalue weighted by atomic mass is 79.9. The van der Waals surface area contributed by atoms with Crippen LogP contribution in [0.5, 0.6) is 0 Å². The van der Waals surface area contributed by atoms with Gasteiger partial charge in [-0.25, -0.2) is 4.98 Å². The normalized spacial score (nSPS) is 12.0. The molecule has 0 fully saturated rings. The Balaban J connectivity index is 2.17. The van der Waals surface area contributed by atoms with E-state index in [0.29, 0.717) is 15.2 Å². The zero-order valence-electron chi connectivity index (χ0n) is 11.2. The lowest BCUT2D eigenvalue weighted by molar-refractivity contribution is 0.0742. The Morgan fingerprint density at radius 1 is 1.25 bits per heavy atom. The molecule has 1 unspecified atom stereocenters. The third kappa shape index (κ3) is 3.38. The zero-order valence-corrected chi connectivity index (χ0v) is 13.5. The van der Waals surface area contributed by atoms with Crippen LogP contribution in [0, 0.1) is 0 Å². The number of carbonyl (C=O) groups excluding carboxylic acids is 1. The molecule has 0 N–H and O–H groups in total. The fraction of sp³-hybridized carbons (Fsp3) is 0.200. The van der Waals surface area contributed by atoms with Crippen molar-refractivity contribution >= 4 is 33.4 Å². The third-order valence-electron chi connectivity index (χ3n) is 3.23. The molecule has 1 aromatic heterocycles. The molecule has 1 atom stereocenters. The van der Waals surface area contributed by atoms with Crippen molar-refractivity contribution in [1.29, 1.82) is 0 Å². The summed E-state index contributed by atoms with van der Waals surface area (Å²) in [6.45, 7) is 1.98. The van der Waals surface area contributed by atoms with Gasteiger partial charge in [0.2, 0.25) is 0 Å². The number of rotatable bonds is 3. The smallest absolute Gasteiger partial charge is 0.255 e. The summed E-state index contributed by atoms with van der Waals surface area (Å²) >= 11 is 9.13. The Morgan fingerprint density at radius 2 is 1.90 bits per heavy atom. The summed E-state index contributed by atoms with van der Waals surface area (Å²) in [4.78, 5) is 18.1. The van der Waals surface area contributed by atoms with Gasteiger partial charge >= 0.3 is 0 Å². The first-order valence-electron chi connectivity index (χ1n) is 6.13. The minimum atomic E-state index is -0.0625. The first-order chi connectivity index (χ1) is 9.49.